The second-order valence-electron chi connectivity index (χ2n) is 16.0. The number of anilines is 5. The van der Waals surface area contributed by atoms with Crippen molar-refractivity contribution in [1.29, 1.82) is 0 Å². The standard InChI is InChI=1S/C55H42N2O/c1-55(2)48-26-13-12-22-43(48)47-36-42(32-33-49(47)55)57(41-30-28-38(29-31-41)37-16-6-3-7-17-37)50-34-35-52-53-44(23-14-25-46(50)53)45-24-15-27-51(54(45)58-52)56(39-18-8-4-9-19-39)40-20-10-5-11-21-40/h3-4,6-10,12-36H,5,11H2,1-2H3. The van der Waals surface area contributed by atoms with Gasteiger partial charge in [0.2, 0.25) is 0 Å². The summed E-state index contributed by atoms with van der Waals surface area (Å²) in [6.07, 6.45) is 8.89. The van der Waals surface area contributed by atoms with E-state index in [9.17, 15) is 0 Å². The van der Waals surface area contributed by atoms with Crippen molar-refractivity contribution >= 4 is 39.2 Å². The number of ether oxygens (including phenoxy) is 1. The Kier molecular flexibility index (Phi) is 7.97. The molecule has 11 rings (SSSR count). The smallest absolute Gasteiger partial charge is 0.159 e. The fraction of sp³-hybridized carbons (Fsp3) is 0.0909. The van der Waals surface area contributed by atoms with E-state index >= 15 is 0 Å². The third-order valence-corrected chi connectivity index (χ3v) is 12.3. The molecule has 0 amide bonds. The van der Waals surface area contributed by atoms with Gasteiger partial charge >= 0.3 is 0 Å². The first-order chi connectivity index (χ1) is 28.5. The monoisotopic (exact) mass is 746 g/mol. The third-order valence-electron chi connectivity index (χ3n) is 12.3. The van der Waals surface area contributed by atoms with Crippen molar-refractivity contribution in [2.45, 2.75) is 32.1 Å². The van der Waals surface area contributed by atoms with E-state index in [4.69, 9.17) is 4.74 Å². The van der Waals surface area contributed by atoms with Crippen LogP contribution in [0, 0.1) is 0 Å². The molecule has 0 saturated heterocycles. The number of nitrogens with zero attached hydrogens (tertiary/aromatic N) is 2. The summed E-state index contributed by atoms with van der Waals surface area (Å²) in [7, 11) is 0. The van der Waals surface area contributed by atoms with Crippen molar-refractivity contribution in [2.24, 2.45) is 0 Å². The summed E-state index contributed by atoms with van der Waals surface area (Å²) >= 11 is 0. The van der Waals surface area contributed by atoms with Crippen LogP contribution in [0.5, 0.6) is 11.5 Å². The van der Waals surface area contributed by atoms with E-state index in [0.717, 1.165) is 74.8 Å². The summed E-state index contributed by atoms with van der Waals surface area (Å²) in [6, 6.07) is 63.8. The molecule has 0 spiro atoms. The van der Waals surface area contributed by atoms with Gasteiger partial charge in [-0.05, 0) is 112 Å². The average Bonchev–Trinajstić information content (AvgIpc) is 3.51. The van der Waals surface area contributed by atoms with Gasteiger partial charge < -0.3 is 14.5 Å². The van der Waals surface area contributed by atoms with Gasteiger partial charge in [-0.15, -0.1) is 0 Å². The molecule has 3 aliphatic rings. The predicted octanol–water partition coefficient (Wildman–Crippen LogP) is 15.4. The first-order valence-corrected chi connectivity index (χ1v) is 20.3. The molecule has 58 heavy (non-hydrogen) atoms. The van der Waals surface area contributed by atoms with Crippen molar-refractivity contribution < 1.29 is 4.74 Å². The van der Waals surface area contributed by atoms with Crippen molar-refractivity contribution in [1.82, 2.24) is 0 Å². The third kappa shape index (κ3) is 5.42. The van der Waals surface area contributed by atoms with E-state index in [1.807, 2.05) is 0 Å². The normalized spacial score (nSPS) is 14.2. The highest BCUT2D eigenvalue weighted by atomic mass is 16.5. The van der Waals surface area contributed by atoms with Gasteiger partial charge in [-0.2, -0.15) is 0 Å². The Morgan fingerprint density at radius 1 is 0.483 bits per heavy atom. The predicted molar refractivity (Wildman–Crippen MR) is 242 cm³/mol. The van der Waals surface area contributed by atoms with Crippen LogP contribution in [-0.2, 0) is 5.41 Å². The van der Waals surface area contributed by atoms with Gasteiger partial charge in [-0.25, -0.2) is 0 Å². The van der Waals surface area contributed by atoms with Crippen molar-refractivity contribution in [3.8, 4) is 44.9 Å². The van der Waals surface area contributed by atoms with E-state index < -0.39 is 0 Å². The Morgan fingerprint density at radius 3 is 1.97 bits per heavy atom. The minimum Gasteiger partial charge on any atom is -0.454 e. The first-order valence-electron chi connectivity index (χ1n) is 20.3. The molecular formula is C55H42N2O. The Labute approximate surface area is 340 Å². The van der Waals surface area contributed by atoms with E-state index in [2.05, 4.69) is 218 Å². The van der Waals surface area contributed by atoms with Crippen molar-refractivity contribution in [3.63, 3.8) is 0 Å². The lowest BCUT2D eigenvalue weighted by Gasteiger charge is -2.33. The lowest BCUT2D eigenvalue weighted by Crippen LogP contribution is -2.17. The zero-order valence-corrected chi connectivity index (χ0v) is 32.7. The maximum atomic E-state index is 7.10. The van der Waals surface area contributed by atoms with Crippen LogP contribution in [-0.4, -0.2) is 0 Å². The molecule has 0 atom stereocenters. The zero-order valence-electron chi connectivity index (χ0n) is 32.7. The lowest BCUT2D eigenvalue weighted by molar-refractivity contribution is 0.488. The molecule has 2 aliphatic carbocycles. The van der Waals surface area contributed by atoms with Gasteiger partial charge in [-0.3, -0.25) is 0 Å². The summed E-state index contributed by atoms with van der Waals surface area (Å²) in [5.41, 5.74) is 16.5. The van der Waals surface area contributed by atoms with Crippen molar-refractivity contribution in [2.75, 3.05) is 9.80 Å². The van der Waals surface area contributed by atoms with Crippen LogP contribution in [0.3, 0.4) is 0 Å². The molecule has 0 saturated carbocycles. The molecule has 0 fully saturated rings. The Morgan fingerprint density at radius 2 is 1.16 bits per heavy atom. The summed E-state index contributed by atoms with van der Waals surface area (Å²) in [5.74, 6) is 1.73. The Hall–Kier alpha value is -7.10. The van der Waals surface area contributed by atoms with Gasteiger partial charge in [0.15, 0.2) is 5.75 Å². The van der Waals surface area contributed by atoms with Crippen LogP contribution in [0.15, 0.2) is 200 Å². The molecule has 8 aromatic rings. The van der Waals surface area contributed by atoms with E-state index in [1.54, 1.807) is 0 Å². The second-order valence-corrected chi connectivity index (χ2v) is 16.0. The van der Waals surface area contributed by atoms with Crippen LogP contribution in [0.1, 0.15) is 37.8 Å². The van der Waals surface area contributed by atoms with Gasteiger partial charge in [0.1, 0.15) is 5.75 Å². The van der Waals surface area contributed by atoms with Crippen LogP contribution in [0.25, 0.3) is 44.2 Å². The minimum atomic E-state index is -0.0731. The van der Waals surface area contributed by atoms with Crippen LogP contribution >= 0.6 is 0 Å². The average molecular weight is 747 g/mol. The molecule has 3 nitrogen and oxygen atoms in total. The highest BCUT2D eigenvalue weighted by molar-refractivity contribution is 6.11. The first kappa shape index (κ1) is 34.2. The molecule has 0 bridgehead atoms. The molecule has 0 radical (unpaired) electrons. The van der Waals surface area contributed by atoms with Gasteiger partial charge in [0.05, 0.1) is 11.4 Å². The highest BCUT2D eigenvalue weighted by Crippen LogP contribution is 2.55. The molecule has 1 heterocycles. The molecule has 0 aromatic heterocycles. The van der Waals surface area contributed by atoms with Gasteiger partial charge in [0, 0.05) is 44.5 Å². The van der Waals surface area contributed by atoms with Crippen LogP contribution in [0.4, 0.5) is 28.4 Å². The summed E-state index contributed by atoms with van der Waals surface area (Å²) in [4.78, 5) is 4.76. The minimum absolute atomic E-state index is 0.0731. The maximum Gasteiger partial charge on any atom is 0.159 e. The van der Waals surface area contributed by atoms with Crippen molar-refractivity contribution in [3.05, 3.63) is 211 Å². The maximum absolute atomic E-state index is 7.10. The highest BCUT2D eigenvalue weighted by Gasteiger charge is 2.36. The Balaban J connectivity index is 1.09. The molecule has 8 aromatic carbocycles. The Bertz CT molecular complexity index is 2940. The SMILES string of the molecule is CC1(C)c2ccccc2-c2cc(N(c3ccc(-c4ccccc4)cc3)c3ccc4c5c(cccc35)-c3cccc(N(C5=CCCC=C5)c5ccccc5)c3O4)ccc21. The summed E-state index contributed by atoms with van der Waals surface area (Å²) in [5, 5.41) is 2.25. The molecule has 0 N–H and O–H groups in total. The molecule has 3 heteroatoms. The fourth-order valence-corrected chi connectivity index (χ4v) is 9.47. The number of para-hydroxylation sites is 2. The number of hydrogen-bond donors (Lipinski definition) is 0. The topological polar surface area (TPSA) is 15.7 Å². The van der Waals surface area contributed by atoms with E-state index in [0.29, 0.717) is 0 Å². The van der Waals surface area contributed by atoms with Gasteiger partial charge in [-0.1, -0.05) is 147 Å². The molecular weight excluding hydrogens is 705 g/mol. The van der Waals surface area contributed by atoms with Crippen LogP contribution < -0.4 is 14.5 Å². The molecule has 1 aliphatic heterocycles. The zero-order chi connectivity index (χ0) is 38.8. The number of hydrogen-bond acceptors (Lipinski definition) is 3. The van der Waals surface area contributed by atoms with Crippen LogP contribution in [0.2, 0.25) is 0 Å². The number of fused-ring (bicyclic) bond motifs is 5. The fourth-order valence-electron chi connectivity index (χ4n) is 9.47. The second kappa shape index (κ2) is 13.5. The quantitative estimate of drug-likeness (QED) is 0.162. The largest absolute Gasteiger partial charge is 0.454 e. The van der Waals surface area contributed by atoms with E-state index in [-0.39, 0.29) is 5.41 Å². The number of benzene rings is 8. The lowest BCUT2D eigenvalue weighted by atomic mass is 9.82. The summed E-state index contributed by atoms with van der Waals surface area (Å²) in [6.45, 7) is 4.68. The molecule has 0 unspecified atom stereocenters. The number of rotatable bonds is 7. The van der Waals surface area contributed by atoms with Gasteiger partial charge in [0.25, 0.3) is 0 Å². The van der Waals surface area contributed by atoms with E-state index in [1.165, 1.54) is 38.9 Å². The number of allylic oxidation sites excluding steroid dienone is 3. The summed E-state index contributed by atoms with van der Waals surface area (Å²) < 4.78 is 7.10. The molecule has 278 valence electrons.